The Morgan fingerprint density at radius 2 is 2.08 bits per heavy atom. The van der Waals surface area contributed by atoms with Crippen LogP contribution < -0.4 is 15.0 Å². The van der Waals surface area contributed by atoms with Crippen molar-refractivity contribution in [3.05, 3.63) is 29.8 Å². The van der Waals surface area contributed by atoms with Gasteiger partial charge in [0.15, 0.2) is 11.5 Å². The molecule has 1 spiro atoms. The summed E-state index contributed by atoms with van der Waals surface area (Å²) >= 11 is 0. The highest BCUT2D eigenvalue weighted by atomic mass is 16.7. The minimum absolute atomic E-state index is 0.195. The van der Waals surface area contributed by atoms with E-state index in [1.165, 1.54) is 12.8 Å². The summed E-state index contributed by atoms with van der Waals surface area (Å²) < 4.78 is 17.1. The van der Waals surface area contributed by atoms with E-state index >= 15 is 0 Å². The first-order chi connectivity index (χ1) is 11.8. The zero-order valence-corrected chi connectivity index (χ0v) is 14.2. The van der Waals surface area contributed by atoms with Crippen LogP contribution in [0.2, 0.25) is 0 Å². The van der Waals surface area contributed by atoms with E-state index < -0.39 is 0 Å². The molecule has 24 heavy (non-hydrogen) atoms. The molecule has 1 aromatic rings. The van der Waals surface area contributed by atoms with Gasteiger partial charge in [-0.2, -0.15) is 0 Å². The Labute approximate surface area is 142 Å². The maximum Gasteiger partial charge on any atom is 0.162 e. The summed E-state index contributed by atoms with van der Waals surface area (Å²) in [6, 6.07) is 6.04. The monoisotopic (exact) mass is 331 g/mol. The molecule has 1 unspecified atom stereocenters. The lowest BCUT2D eigenvalue weighted by Crippen LogP contribution is -2.40. The summed E-state index contributed by atoms with van der Waals surface area (Å²) in [4.78, 5) is 5.91. The van der Waals surface area contributed by atoms with Crippen LogP contribution in [0.4, 0.5) is 0 Å². The van der Waals surface area contributed by atoms with Gasteiger partial charge in [0.1, 0.15) is 5.60 Å². The average Bonchev–Trinajstić information content (AvgIpc) is 3.28. The molecule has 1 N–H and O–H groups in total. The maximum atomic E-state index is 6.18. The van der Waals surface area contributed by atoms with E-state index in [2.05, 4.69) is 11.6 Å². The van der Waals surface area contributed by atoms with Crippen LogP contribution in [0.25, 0.3) is 5.70 Å². The summed E-state index contributed by atoms with van der Waals surface area (Å²) in [5, 5.41) is 0. The normalized spacial score (nSPS) is 27.1. The SMILES string of the molecule is COc1ccc(C2=CCC3(CCOC3)ON2)cc1OC1CCCC1. The molecule has 0 aromatic heterocycles. The van der Waals surface area contributed by atoms with Gasteiger partial charge in [-0.15, -0.1) is 0 Å². The molecule has 1 aliphatic carbocycles. The molecule has 4 rings (SSSR count). The largest absolute Gasteiger partial charge is 0.493 e. The van der Waals surface area contributed by atoms with Crippen LogP contribution in [0.5, 0.6) is 11.5 Å². The third-order valence-corrected chi connectivity index (χ3v) is 5.19. The summed E-state index contributed by atoms with van der Waals surface area (Å²) in [7, 11) is 1.68. The highest BCUT2D eigenvalue weighted by molar-refractivity contribution is 5.66. The second kappa shape index (κ2) is 6.65. The van der Waals surface area contributed by atoms with Crippen molar-refractivity contribution >= 4 is 5.70 Å². The first kappa shape index (κ1) is 15.8. The predicted molar refractivity (Wildman–Crippen MR) is 90.9 cm³/mol. The number of nitrogens with one attached hydrogen (secondary N) is 1. The van der Waals surface area contributed by atoms with Crippen LogP contribution in [0.3, 0.4) is 0 Å². The molecular formula is C19H25NO4. The highest BCUT2D eigenvalue weighted by Gasteiger charge is 2.38. The molecule has 3 aliphatic rings. The van der Waals surface area contributed by atoms with Gasteiger partial charge in [-0.3, -0.25) is 10.3 Å². The van der Waals surface area contributed by atoms with Crippen molar-refractivity contribution < 1.29 is 19.0 Å². The smallest absolute Gasteiger partial charge is 0.162 e. The minimum atomic E-state index is -0.195. The number of hydrogen-bond donors (Lipinski definition) is 1. The number of rotatable bonds is 4. The lowest BCUT2D eigenvalue weighted by molar-refractivity contribution is -0.0913. The number of benzene rings is 1. The van der Waals surface area contributed by atoms with Gasteiger partial charge < -0.3 is 14.2 Å². The van der Waals surface area contributed by atoms with Crippen LogP contribution >= 0.6 is 0 Å². The van der Waals surface area contributed by atoms with Gasteiger partial charge in [0.2, 0.25) is 0 Å². The Bertz CT molecular complexity index is 616. The first-order valence-corrected chi connectivity index (χ1v) is 8.85. The van der Waals surface area contributed by atoms with Crippen molar-refractivity contribution in [1.29, 1.82) is 0 Å². The van der Waals surface area contributed by atoms with Gasteiger partial charge in [-0.05, 0) is 43.9 Å². The average molecular weight is 331 g/mol. The molecule has 130 valence electrons. The van der Waals surface area contributed by atoms with E-state index in [1.54, 1.807) is 7.11 Å². The molecule has 0 radical (unpaired) electrons. The highest BCUT2D eigenvalue weighted by Crippen LogP contribution is 2.36. The number of ether oxygens (including phenoxy) is 3. The molecule has 2 fully saturated rings. The standard InChI is InChI=1S/C19H25NO4/c1-21-17-7-6-14(12-18(17)23-15-4-2-3-5-15)16-8-9-19(24-20-16)10-11-22-13-19/h6-8,12,15,20H,2-5,9-11,13H2,1H3. The first-order valence-electron chi connectivity index (χ1n) is 8.85. The molecule has 2 aliphatic heterocycles. The fraction of sp³-hybridized carbons (Fsp3) is 0.579. The third kappa shape index (κ3) is 3.10. The summed E-state index contributed by atoms with van der Waals surface area (Å²) in [6.45, 7) is 1.43. The molecule has 1 aromatic carbocycles. The van der Waals surface area contributed by atoms with Crippen molar-refractivity contribution in [2.75, 3.05) is 20.3 Å². The lowest BCUT2D eigenvalue weighted by atomic mass is 9.96. The second-order valence-corrected chi connectivity index (χ2v) is 6.90. The molecule has 5 heteroatoms. The van der Waals surface area contributed by atoms with Crippen LogP contribution in [0.15, 0.2) is 24.3 Å². The minimum Gasteiger partial charge on any atom is -0.493 e. The van der Waals surface area contributed by atoms with Crippen molar-refractivity contribution in [2.24, 2.45) is 0 Å². The molecule has 1 saturated heterocycles. The zero-order valence-electron chi connectivity index (χ0n) is 14.2. The molecule has 1 saturated carbocycles. The molecular weight excluding hydrogens is 306 g/mol. The fourth-order valence-electron chi connectivity index (χ4n) is 3.66. The van der Waals surface area contributed by atoms with Crippen LogP contribution in [-0.4, -0.2) is 32.0 Å². The Hall–Kier alpha value is -1.72. The van der Waals surface area contributed by atoms with E-state index in [-0.39, 0.29) is 5.60 Å². The molecule has 5 nitrogen and oxygen atoms in total. The van der Waals surface area contributed by atoms with Gasteiger partial charge in [0, 0.05) is 25.0 Å². The van der Waals surface area contributed by atoms with Crippen LogP contribution in [0.1, 0.15) is 44.1 Å². The van der Waals surface area contributed by atoms with E-state index in [9.17, 15) is 0 Å². The topological polar surface area (TPSA) is 49.0 Å². The van der Waals surface area contributed by atoms with Gasteiger partial charge in [0.05, 0.1) is 25.5 Å². The molecule has 0 amide bonds. The van der Waals surface area contributed by atoms with E-state index in [0.717, 1.165) is 55.0 Å². The van der Waals surface area contributed by atoms with Crippen LogP contribution in [-0.2, 0) is 9.57 Å². The number of hydroxylamine groups is 1. The zero-order chi connectivity index (χ0) is 16.4. The van der Waals surface area contributed by atoms with E-state index in [0.29, 0.717) is 12.7 Å². The Kier molecular flexibility index (Phi) is 4.37. The summed E-state index contributed by atoms with van der Waals surface area (Å²) in [6.07, 6.45) is 9.04. The number of hydrogen-bond acceptors (Lipinski definition) is 5. The van der Waals surface area contributed by atoms with Crippen molar-refractivity contribution in [3.8, 4) is 11.5 Å². The van der Waals surface area contributed by atoms with Gasteiger partial charge >= 0.3 is 0 Å². The van der Waals surface area contributed by atoms with Crippen molar-refractivity contribution in [3.63, 3.8) is 0 Å². The Balaban J connectivity index is 1.53. The Morgan fingerprint density at radius 1 is 1.21 bits per heavy atom. The summed E-state index contributed by atoms with van der Waals surface area (Å²) in [5.74, 6) is 1.60. The van der Waals surface area contributed by atoms with E-state index in [4.69, 9.17) is 19.0 Å². The molecule has 1 atom stereocenters. The van der Waals surface area contributed by atoms with Gasteiger partial charge in [-0.25, -0.2) is 0 Å². The molecule has 0 bridgehead atoms. The third-order valence-electron chi connectivity index (χ3n) is 5.19. The van der Waals surface area contributed by atoms with Gasteiger partial charge in [-0.1, -0.05) is 6.08 Å². The fourth-order valence-corrected chi connectivity index (χ4v) is 3.66. The van der Waals surface area contributed by atoms with Crippen molar-refractivity contribution in [1.82, 2.24) is 5.48 Å². The Morgan fingerprint density at radius 3 is 2.75 bits per heavy atom. The summed E-state index contributed by atoms with van der Waals surface area (Å²) in [5.41, 5.74) is 4.95. The van der Waals surface area contributed by atoms with E-state index in [1.807, 2.05) is 18.2 Å². The molecule has 2 heterocycles. The second-order valence-electron chi connectivity index (χ2n) is 6.90. The van der Waals surface area contributed by atoms with Crippen molar-refractivity contribution in [2.45, 2.75) is 50.2 Å². The quantitative estimate of drug-likeness (QED) is 0.916. The maximum absolute atomic E-state index is 6.18. The lowest BCUT2D eigenvalue weighted by Gasteiger charge is -2.31. The van der Waals surface area contributed by atoms with Crippen LogP contribution in [0, 0.1) is 0 Å². The predicted octanol–water partition coefficient (Wildman–Crippen LogP) is 3.44. The van der Waals surface area contributed by atoms with Gasteiger partial charge in [0.25, 0.3) is 0 Å². The number of methoxy groups -OCH3 is 1.